The number of rotatable bonds is 5. The van der Waals surface area contributed by atoms with Gasteiger partial charge in [-0.15, -0.1) is 0 Å². The highest BCUT2D eigenvalue weighted by atomic mass is 16.3. The van der Waals surface area contributed by atoms with Crippen molar-refractivity contribution in [2.75, 3.05) is 63.8 Å². The van der Waals surface area contributed by atoms with Gasteiger partial charge in [0, 0.05) is 71.0 Å². The minimum Gasteiger partial charge on any atom is -0.459 e. The van der Waals surface area contributed by atoms with Crippen molar-refractivity contribution in [1.29, 1.82) is 0 Å². The van der Waals surface area contributed by atoms with Crippen molar-refractivity contribution in [3.63, 3.8) is 0 Å². The van der Waals surface area contributed by atoms with Crippen molar-refractivity contribution in [3.05, 3.63) is 54.5 Å². The number of benzene rings is 1. The molecule has 0 bridgehead atoms. The van der Waals surface area contributed by atoms with Gasteiger partial charge in [-0.25, -0.2) is 0 Å². The zero-order chi connectivity index (χ0) is 20.1. The maximum Gasteiger partial charge on any atom is 0.289 e. The van der Waals surface area contributed by atoms with Crippen molar-refractivity contribution in [2.45, 2.75) is 6.42 Å². The number of amides is 2. The van der Waals surface area contributed by atoms with Crippen molar-refractivity contribution in [2.24, 2.45) is 0 Å². The van der Waals surface area contributed by atoms with E-state index < -0.39 is 0 Å². The SMILES string of the molecule is O=C(CCN1CCN(c2ccccc2)CC1)N1CCN(C(=O)c2ccco2)CC1. The molecule has 1 aromatic heterocycles. The van der Waals surface area contributed by atoms with E-state index in [2.05, 4.69) is 34.1 Å². The number of anilines is 1. The van der Waals surface area contributed by atoms with E-state index in [1.807, 2.05) is 11.0 Å². The number of carbonyl (C=O) groups is 2. The molecule has 2 aromatic rings. The van der Waals surface area contributed by atoms with Gasteiger partial charge in [-0.2, -0.15) is 0 Å². The number of piperazine rings is 2. The molecule has 2 amide bonds. The lowest BCUT2D eigenvalue weighted by atomic mass is 10.2. The van der Waals surface area contributed by atoms with E-state index in [4.69, 9.17) is 4.42 Å². The first-order valence-electron chi connectivity index (χ1n) is 10.3. The van der Waals surface area contributed by atoms with E-state index in [0.29, 0.717) is 38.4 Å². The summed E-state index contributed by atoms with van der Waals surface area (Å²) in [7, 11) is 0. The van der Waals surface area contributed by atoms with E-state index in [1.165, 1.54) is 12.0 Å². The van der Waals surface area contributed by atoms with Crippen molar-refractivity contribution in [3.8, 4) is 0 Å². The molecule has 0 unspecified atom stereocenters. The monoisotopic (exact) mass is 396 g/mol. The first-order valence-corrected chi connectivity index (χ1v) is 10.3. The minimum absolute atomic E-state index is 0.0987. The second-order valence-electron chi connectivity index (χ2n) is 7.56. The molecule has 0 aliphatic carbocycles. The molecule has 0 N–H and O–H groups in total. The Hall–Kier alpha value is -2.80. The highest BCUT2D eigenvalue weighted by Gasteiger charge is 2.26. The van der Waals surface area contributed by atoms with E-state index in [0.717, 1.165) is 32.7 Å². The van der Waals surface area contributed by atoms with Crippen LogP contribution in [0.15, 0.2) is 53.1 Å². The number of hydrogen-bond donors (Lipinski definition) is 0. The van der Waals surface area contributed by atoms with Crippen LogP contribution in [-0.4, -0.2) is 85.4 Å². The minimum atomic E-state index is -0.0987. The maximum atomic E-state index is 12.6. The van der Waals surface area contributed by atoms with Crippen LogP contribution in [0.2, 0.25) is 0 Å². The standard InChI is InChI=1S/C22H28N4O3/c27-21(25-14-16-26(17-15-25)22(28)20-7-4-18-29-20)8-9-23-10-12-24(13-11-23)19-5-2-1-3-6-19/h1-7,18H,8-17H2. The van der Waals surface area contributed by atoms with Gasteiger partial charge in [0.15, 0.2) is 5.76 Å². The van der Waals surface area contributed by atoms with Gasteiger partial charge in [0.05, 0.1) is 6.26 Å². The molecular formula is C22H28N4O3. The van der Waals surface area contributed by atoms with Gasteiger partial charge in [-0.3, -0.25) is 14.5 Å². The number of para-hydroxylation sites is 1. The molecule has 1 aromatic carbocycles. The predicted octanol–water partition coefficient (Wildman–Crippen LogP) is 1.78. The van der Waals surface area contributed by atoms with Crippen LogP contribution in [0.3, 0.4) is 0 Å². The molecule has 2 aliphatic heterocycles. The Kier molecular flexibility index (Phi) is 6.14. The summed E-state index contributed by atoms with van der Waals surface area (Å²) in [5.74, 6) is 0.443. The van der Waals surface area contributed by atoms with Crippen molar-refractivity contribution >= 4 is 17.5 Å². The lowest BCUT2D eigenvalue weighted by Crippen LogP contribution is -2.51. The first-order chi connectivity index (χ1) is 14.2. The Morgan fingerprint density at radius 2 is 1.48 bits per heavy atom. The highest BCUT2D eigenvalue weighted by molar-refractivity contribution is 5.91. The number of carbonyl (C=O) groups excluding carboxylic acids is 2. The van der Waals surface area contributed by atoms with Crippen LogP contribution < -0.4 is 4.90 Å². The molecule has 2 saturated heterocycles. The molecule has 0 atom stereocenters. The Morgan fingerprint density at radius 3 is 2.14 bits per heavy atom. The fraction of sp³-hybridized carbons (Fsp3) is 0.455. The molecule has 154 valence electrons. The predicted molar refractivity (Wildman–Crippen MR) is 111 cm³/mol. The Balaban J connectivity index is 1.17. The van der Waals surface area contributed by atoms with Gasteiger partial charge in [-0.1, -0.05) is 18.2 Å². The Labute approximate surface area is 171 Å². The third-order valence-electron chi connectivity index (χ3n) is 5.79. The molecule has 0 spiro atoms. The third kappa shape index (κ3) is 4.79. The summed E-state index contributed by atoms with van der Waals surface area (Å²) in [6, 6.07) is 13.9. The average Bonchev–Trinajstić information content (AvgIpc) is 3.33. The number of nitrogens with zero attached hydrogens (tertiary/aromatic N) is 4. The molecule has 4 rings (SSSR count). The fourth-order valence-electron chi connectivity index (χ4n) is 4.00. The summed E-state index contributed by atoms with van der Waals surface area (Å²) < 4.78 is 5.18. The zero-order valence-corrected chi connectivity index (χ0v) is 16.7. The summed E-state index contributed by atoms with van der Waals surface area (Å²) >= 11 is 0. The van der Waals surface area contributed by atoms with Crippen LogP contribution in [0.1, 0.15) is 17.0 Å². The lowest BCUT2D eigenvalue weighted by Gasteiger charge is -2.37. The van der Waals surface area contributed by atoms with Crippen molar-refractivity contribution in [1.82, 2.24) is 14.7 Å². The Morgan fingerprint density at radius 1 is 0.793 bits per heavy atom. The molecular weight excluding hydrogens is 368 g/mol. The largest absolute Gasteiger partial charge is 0.459 e. The molecule has 3 heterocycles. The van der Waals surface area contributed by atoms with Gasteiger partial charge in [-0.05, 0) is 24.3 Å². The van der Waals surface area contributed by atoms with E-state index >= 15 is 0 Å². The maximum absolute atomic E-state index is 12.6. The average molecular weight is 396 g/mol. The molecule has 2 aliphatic rings. The highest BCUT2D eigenvalue weighted by Crippen LogP contribution is 2.16. The quantitative estimate of drug-likeness (QED) is 0.771. The second kappa shape index (κ2) is 9.13. The van der Waals surface area contributed by atoms with Crippen LogP contribution in [0.25, 0.3) is 0 Å². The Bertz CT molecular complexity index is 793. The molecule has 0 saturated carbocycles. The fourth-order valence-corrected chi connectivity index (χ4v) is 4.00. The van der Waals surface area contributed by atoms with Gasteiger partial charge in [0.1, 0.15) is 0 Å². The van der Waals surface area contributed by atoms with E-state index in [-0.39, 0.29) is 11.8 Å². The topological polar surface area (TPSA) is 60.2 Å². The third-order valence-corrected chi connectivity index (χ3v) is 5.79. The van der Waals surface area contributed by atoms with Crippen LogP contribution >= 0.6 is 0 Å². The summed E-state index contributed by atoms with van der Waals surface area (Å²) in [5.41, 5.74) is 1.27. The van der Waals surface area contributed by atoms with Gasteiger partial charge in [0.2, 0.25) is 5.91 Å². The number of furan rings is 1. The normalized spacial score (nSPS) is 18.1. The smallest absolute Gasteiger partial charge is 0.289 e. The second-order valence-corrected chi connectivity index (χ2v) is 7.56. The molecule has 2 fully saturated rings. The first kappa shape index (κ1) is 19.5. The van der Waals surface area contributed by atoms with Crippen LogP contribution in [-0.2, 0) is 4.79 Å². The summed E-state index contributed by atoms with van der Waals surface area (Å²) in [4.78, 5) is 33.3. The number of hydrogen-bond acceptors (Lipinski definition) is 5. The van der Waals surface area contributed by atoms with Crippen LogP contribution in [0, 0.1) is 0 Å². The van der Waals surface area contributed by atoms with E-state index in [1.54, 1.807) is 17.0 Å². The summed E-state index contributed by atoms with van der Waals surface area (Å²) in [6.07, 6.45) is 2.05. The molecule has 0 radical (unpaired) electrons. The molecule has 29 heavy (non-hydrogen) atoms. The lowest BCUT2D eigenvalue weighted by molar-refractivity contribution is -0.133. The summed E-state index contributed by atoms with van der Waals surface area (Å²) in [5, 5.41) is 0. The van der Waals surface area contributed by atoms with Crippen molar-refractivity contribution < 1.29 is 14.0 Å². The summed E-state index contributed by atoms with van der Waals surface area (Å²) in [6.45, 7) is 7.04. The van der Waals surface area contributed by atoms with E-state index in [9.17, 15) is 9.59 Å². The zero-order valence-electron chi connectivity index (χ0n) is 16.7. The van der Waals surface area contributed by atoms with Crippen LogP contribution in [0.5, 0.6) is 0 Å². The molecule has 7 heteroatoms. The molecule has 7 nitrogen and oxygen atoms in total. The van der Waals surface area contributed by atoms with Gasteiger partial charge < -0.3 is 19.1 Å². The van der Waals surface area contributed by atoms with Gasteiger partial charge >= 0.3 is 0 Å². The van der Waals surface area contributed by atoms with Crippen LogP contribution in [0.4, 0.5) is 5.69 Å². The van der Waals surface area contributed by atoms with Gasteiger partial charge in [0.25, 0.3) is 5.91 Å².